The SMILES string of the molecule is CN(C)C(=O)N1CCN(CC(=O)N(C)CC(=O)Nc2ccccc2Cl)CC1. The summed E-state index contributed by atoms with van der Waals surface area (Å²) in [4.78, 5) is 43.1. The van der Waals surface area contributed by atoms with Crippen LogP contribution in [0.4, 0.5) is 10.5 Å². The molecule has 0 saturated carbocycles. The maximum absolute atomic E-state index is 12.4. The molecule has 1 heterocycles. The van der Waals surface area contributed by atoms with E-state index in [4.69, 9.17) is 11.6 Å². The number of urea groups is 1. The van der Waals surface area contributed by atoms with Crippen molar-refractivity contribution < 1.29 is 14.4 Å². The van der Waals surface area contributed by atoms with E-state index in [9.17, 15) is 14.4 Å². The zero-order valence-electron chi connectivity index (χ0n) is 15.9. The van der Waals surface area contributed by atoms with Crippen LogP contribution in [0.2, 0.25) is 5.02 Å². The molecule has 9 heteroatoms. The summed E-state index contributed by atoms with van der Waals surface area (Å²) in [6.07, 6.45) is 0. The van der Waals surface area contributed by atoms with E-state index < -0.39 is 0 Å². The highest BCUT2D eigenvalue weighted by atomic mass is 35.5. The number of nitrogens with one attached hydrogen (secondary N) is 1. The van der Waals surface area contributed by atoms with Gasteiger partial charge in [0.2, 0.25) is 11.8 Å². The number of likely N-dealkylation sites (N-methyl/N-ethyl adjacent to an activating group) is 1. The van der Waals surface area contributed by atoms with Crippen molar-refractivity contribution in [1.29, 1.82) is 0 Å². The minimum Gasteiger partial charge on any atom is -0.335 e. The van der Waals surface area contributed by atoms with Crippen LogP contribution in [0.5, 0.6) is 0 Å². The number of carbonyl (C=O) groups is 3. The lowest BCUT2D eigenvalue weighted by Crippen LogP contribution is -2.53. The second-order valence-corrected chi connectivity index (χ2v) is 7.13. The maximum atomic E-state index is 12.4. The summed E-state index contributed by atoms with van der Waals surface area (Å²) in [7, 11) is 5.04. The molecule has 1 N–H and O–H groups in total. The summed E-state index contributed by atoms with van der Waals surface area (Å²) in [6, 6.07) is 6.93. The van der Waals surface area contributed by atoms with Gasteiger partial charge >= 0.3 is 6.03 Å². The Morgan fingerprint density at radius 3 is 2.30 bits per heavy atom. The predicted octanol–water partition coefficient (Wildman–Crippen LogP) is 1.04. The summed E-state index contributed by atoms with van der Waals surface area (Å²) >= 11 is 6.02. The number of carbonyl (C=O) groups excluding carboxylic acids is 3. The van der Waals surface area contributed by atoms with Crippen molar-refractivity contribution in [2.24, 2.45) is 0 Å². The number of para-hydroxylation sites is 1. The third kappa shape index (κ3) is 6.11. The van der Waals surface area contributed by atoms with Gasteiger partial charge in [0.15, 0.2) is 0 Å². The van der Waals surface area contributed by atoms with Crippen LogP contribution in [0.25, 0.3) is 0 Å². The summed E-state index contributed by atoms with van der Waals surface area (Å²) in [6.45, 7) is 2.60. The largest absolute Gasteiger partial charge is 0.335 e. The molecule has 1 aliphatic rings. The smallest absolute Gasteiger partial charge is 0.319 e. The van der Waals surface area contributed by atoms with E-state index >= 15 is 0 Å². The molecule has 0 unspecified atom stereocenters. The number of rotatable bonds is 5. The Morgan fingerprint density at radius 1 is 1.07 bits per heavy atom. The van der Waals surface area contributed by atoms with Crippen LogP contribution in [-0.2, 0) is 9.59 Å². The Kier molecular flexibility index (Phi) is 7.44. The third-order valence-electron chi connectivity index (χ3n) is 4.34. The number of piperazine rings is 1. The van der Waals surface area contributed by atoms with Crippen LogP contribution in [0.3, 0.4) is 0 Å². The Bertz CT molecular complexity index is 689. The molecule has 4 amide bonds. The second-order valence-electron chi connectivity index (χ2n) is 6.72. The monoisotopic (exact) mass is 395 g/mol. The standard InChI is InChI=1S/C18H26ClN5O3/c1-21(2)18(27)24-10-8-23(9-11-24)13-17(26)22(3)12-16(25)20-15-7-5-4-6-14(15)19/h4-7H,8-13H2,1-3H3,(H,20,25). The Morgan fingerprint density at radius 2 is 1.70 bits per heavy atom. The average molecular weight is 396 g/mol. The number of anilines is 1. The van der Waals surface area contributed by atoms with E-state index in [2.05, 4.69) is 5.32 Å². The van der Waals surface area contributed by atoms with Gasteiger partial charge in [-0.2, -0.15) is 0 Å². The van der Waals surface area contributed by atoms with Gasteiger partial charge in [0.05, 0.1) is 23.8 Å². The lowest BCUT2D eigenvalue weighted by Gasteiger charge is -2.36. The molecule has 148 valence electrons. The molecule has 1 fully saturated rings. The molecule has 27 heavy (non-hydrogen) atoms. The van der Waals surface area contributed by atoms with Crippen molar-refractivity contribution in [3.05, 3.63) is 29.3 Å². The first-order valence-electron chi connectivity index (χ1n) is 8.75. The van der Waals surface area contributed by atoms with Crippen LogP contribution in [0, 0.1) is 0 Å². The first kappa shape index (κ1) is 21.0. The van der Waals surface area contributed by atoms with E-state index in [-0.39, 0.29) is 30.9 Å². The van der Waals surface area contributed by atoms with E-state index in [0.717, 1.165) is 0 Å². The van der Waals surface area contributed by atoms with Crippen molar-refractivity contribution >= 4 is 35.1 Å². The minimum absolute atomic E-state index is 0.0191. The highest BCUT2D eigenvalue weighted by Crippen LogP contribution is 2.20. The zero-order valence-corrected chi connectivity index (χ0v) is 16.7. The van der Waals surface area contributed by atoms with Gasteiger partial charge in [-0.3, -0.25) is 14.5 Å². The lowest BCUT2D eigenvalue weighted by molar-refractivity contribution is -0.134. The molecular weight excluding hydrogens is 370 g/mol. The number of amides is 4. The molecule has 1 aromatic rings. The number of halogens is 1. The maximum Gasteiger partial charge on any atom is 0.319 e. The quantitative estimate of drug-likeness (QED) is 0.808. The van der Waals surface area contributed by atoms with Gasteiger partial charge in [-0.05, 0) is 12.1 Å². The van der Waals surface area contributed by atoms with E-state index in [1.165, 1.54) is 4.90 Å². The minimum atomic E-state index is -0.305. The lowest BCUT2D eigenvalue weighted by atomic mass is 10.3. The van der Waals surface area contributed by atoms with Gasteiger partial charge in [-0.15, -0.1) is 0 Å². The summed E-state index contributed by atoms with van der Waals surface area (Å²) < 4.78 is 0. The summed E-state index contributed by atoms with van der Waals surface area (Å²) in [5, 5.41) is 3.15. The molecular formula is C18H26ClN5O3. The van der Waals surface area contributed by atoms with Gasteiger partial charge in [0, 0.05) is 47.3 Å². The average Bonchev–Trinajstić information content (AvgIpc) is 2.63. The van der Waals surface area contributed by atoms with Crippen LogP contribution in [-0.4, -0.2) is 97.9 Å². The molecule has 1 saturated heterocycles. The van der Waals surface area contributed by atoms with Gasteiger partial charge in [-0.1, -0.05) is 23.7 Å². The Labute approximate surface area is 164 Å². The highest BCUT2D eigenvalue weighted by molar-refractivity contribution is 6.33. The molecule has 0 aliphatic carbocycles. The van der Waals surface area contributed by atoms with E-state index in [0.29, 0.717) is 36.9 Å². The molecule has 0 spiro atoms. The first-order valence-corrected chi connectivity index (χ1v) is 9.12. The van der Waals surface area contributed by atoms with Crippen LogP contribution in [0.15, 0.2) is 24.3 Å². The Hall–Kier alpha value is -2.32. The van der Waals surface area contributed by atoms with Crippen LogP contribution >= 0.6 is 11.6 Å². The number of hydrogen-bond donors (Lipinski definition) is 1. The normalized spacial score (nSPS) is 14.6. The zero-order chi connectivity index (χ0) is 20.0. The Balaban J connectivity index is 1.76. The third-order valence-corrected chi connectivity index (χ3v) is 4.67. The molecule has 0 aromatic heterocycles. The number of benzene rings is 1. The fourth-order valence-electron chi connectivity index (χ4n) is 2.75. The van der Waals surface area contributed by atoms with Gasteiger partial charge in [0.25, 0.3) is 0 Å². The van der Waals surface area contributed by atoms with Crippen molar-refractivity contribution in [2.75, 3.05) is 65.7 Å². The van der Waals surface area contributed by atoms with Gasteiger partial charge < -0.3 is 20.0 Å². The van der Waals surface area contributed by atoms with Crippen LogP contribution in [0.1, 0.15) is 0 Å². The summed E-state index contributed by atoms with van der Waals surface area (Å²) in [5.41, 5.74) is 0.520. The molecule has 0 radical (unpaired) electrons. The van der Waals surface area contributed by atoms with Crippen molar-refractivity contribution in [2.45, 2.75) is 0 Å². The first-order chi connectivity index (χ1) is 12.8. The van der Waals surface area contributed by atoms with E-state index in [1.54, 1.807) is 55.2 Å². The molecule has 0 atom stereocenters. The topological polar surface area (TPSA) is 76.2 Å². The summed E-state index contributed by atoms with van der Waals surface area (Å²) in [5.74, 6) is -0.447. The fraction of sp³-hybridized carbons (Fsp3) is 0.500. The number of nitrogens with zero attached hydrogens (tertiary/aromatic N) is 4. The van der Waals surface area contributed by atoms with Crippen molar-refractivity contribution in [3.8, 4) is 0 Å². The van der Waals surface area contributed by atoms with Gasteiger partial charge in [-0.25, -0.2) is 4.79 Å². The van der Waals surface area contributed by atoms with Crippen LogP contribution < -0.4 is 5.32 Å². The molecule has 8 nitrogen and oxygen atoms in total. The van der Waals surface area contributed by atoms with E-state index in [1.807, 2.05) is 4.90 Å². The number of hydrogen-bond acceptors (Lipinski definition) is 4. The second kappa shape index (κ2) is 9.57. The van der Waals surface area contributed by atoms with Gasteiger partial charge in [0.1, 0.15) is 0 Å². The highest BCUT2D eigenvalue weighted by Gasteiger charge is 2.24. The van der Waals surface area contributed by atoms with Crippen molar-refractivity contribution in [1.82, 2.24) is 19.6 Å². The van der Waals surface area contributed by atoms with Crippen molar-refractivity contribution in [3.63, 3.8) is 0 Å². The molecule has 1 aliphatic heterocycles. The molecule has 2 rings (SSSR count). The molecule has 0 bridgehead atoms. The predicted molar refractivity (Wildman–Crippen MR) is 105 cm³/mol. The molecule has 1 aromatic carbocycles. The fourth-order valence-corrected chi connectivity index (χ4v) is 2.93.